The number of hydrogen-bond acceptors (Lipinski definition) is 6. The van der Waals surface area contributed by atoms with E-state index in [1.54, 1.807) is 6.20 Å². The molecule has 0 radical (unpaired) electrons. The van der Waals surface area contributed by atoms with Gasteiger partial charge in [0, 0.05) is 11.1 Å². The van der Waals surface area contributed by atoms with Crippen molar-refractivity contribution in [2.24, 2.45) is 0 Å². The molecule has 0 unspecified atom stereocenters. The monoisotopic (exact) mass is 317 g/mol. The van der Waals surface area contributed by atoms with Crippen molar-refractivity contribution in [3.05, 3.63) is 39.7 Å². The normalized spacial score (nSPS) is 11.3. The SMILES string of the molecule is Clc1ccc(Cn2nc(-c3nn[nH]n3)c3cccnc32)s1. The Morgan fingerprint density at radius 2 is 2.24 bits per heavy atom. The molecule has 0 aromatic carbocycles. The lowest BCUT2D eigenvalue weighted by atomic mass is 10.2. The highest BCUT2D eigenvalue weighted by molar-refractivity contribution is 7.16. The van der Waals surface area contributed by atoms with Crippen LogP contribution in [0.1, 0.15) is 4.88 Å². The summed E-state index contributed by atoms with van der Waals surface area (Å²) >= 11 is 7.50. The predicted octanol–water partition coefficient (Wildman–Crippen LogP) is 2.37. The number of H-pyrrole nitrogens is 1. The van der Waals surface area contributed by atoms with Gasteiger partial charge in [-0.1, -0.05) is 11.6 Å². The first-order valence-corrected chi connectivity index (χ1v) is 7.30. The first-order chi connectivity index (χ1) is 10.3. The molecule has 4 heterocycles. The van der Waals surface area contributed by atoms with Crippen LogP contribution in [0, 0.1) is 0 Å². The van der Waals surface area contributed by atoms with E-state index in [0.717, 1.165) is 20.2 Å². The van der Waals surface area contributed by atoms with Crippen LogP contribution in [0.5, 0.6) is 0 Å². The molecule has 0 amide bonds. The predicted molar refractivity (Wildman–Crippen MR) is 79.1 cm³/mol. The van der Waals surface area contributed by atoms with Crippen LogP contribution in [0.2, 0.25) is 4.34 Å². The molecule has 0 aliphatic rings. The van der Waals surface area contributed by atoms with E-state index in [4.69, 9.17) is 11.6 Å². The minimum atomic E-state index is 0.455. The van der Waals surface area contributed by atoms with E-state index in [1.807, 2.05) is 28.9 Å². The number of thiophene rings is 1. The average molecular weight is 318 g/mol. The van der Waals surface area contributed by atoms with Gasteiger partial charge in [-0.25, -0.2) is 9.67 Å². The van der Waals surface area contributed by atoms with E-state index in [0.29, 0.717) is 18.1 Å². The fraction of sp³-hybridized carbons (Fsp3) is 0.0833. The van der Waals surface area contributed by atoms with E-state index in [-0.39, 0.29) is 0 Å². The zero-order valence-corrected chi connectivity index (χ0v) is 12.1. The van der Waals surface area contributed by atoms with Crippen molar-refractivity contribution < 1.29 is 0 Å². The van der Waals surface area contributed by atoms with E-state index >= 15 is 0 Å². The number of aromatic nitrogens is 7. The Morgan fingerprint density at radius 3 is 3.00 bits per heavy atom. The van der Waals surface area contributed by atoms with Crippen molar-refractivity contribution in [1.82, 2.24) is 35.4 Å². The molecule has 0 saturated heterocycles. The van der Waals surface area contributed by atoms with E-state index in [9.17, 15) is 0 Å². The first kappa shape index (κ1) is 12.4. The number of nitrogens with zero attached hydrogens (tertiary/aromatic N) is 6. The van der Waals surface area contributed by atoms with Gasteiger partial charge in [-0.05, 0) is 29.5 Å². The Kier molecular flexibility index (Phi) is 2.90. The summed E-state index contributed by atoms with van der Waals surface area (Å²) in [4.78, 5) is 5.51. The number of hydrogen-bond donors (Lipinski definition) is 1. The molecule has 9 heteroatoms. The number of pyridine rings is 1. The Morgan fingerprint density at radius 1 is 1.29 bits per heavy atom. The maximum absolute atomic E-state index is 5.97. The Bertz CT molecular complexity index is 896. The lowest BCUT2D eigenvalue weighted by Gasteiger charge is -1.99. The van der Waals surface area contributed by atoms with Crippen LogP contribution in [0.15, 0.2) is 30.5 Å². The molecule has 4 rings (SSSR count). The van der Waals surface area contributed by atoms with Crippen molar-refractivity contribution in [3.8, 4) is 11.5 Å². The van der Waals surface area contributed by atoms with Crippen molar-refractivity contribution in [2.75, 3.05) is 0 Å². The standard InChI is InChI=1S/C12H8ClN7S/c13-9-4-3-7(21-9)6-20-12-8(2-1-5-14-12)10(17-20)11-15-18-19-16-11/h1-5H,6H2,(H,15,16,18,19). The second-order valence-corrected chi connectivity index (χ2v) is 6.12. The average Bonchev–Trinajstić information content (AvgIpc) is 3.20. The van der Waals surface area contributed by atoms with Crippen LogP contribution in [-0.2, 0) is 6.54 Å². The van der Waals surface area contributed by atoms with Gasteiger partial charge < -0.3 is 0 Å². The fourth-order valence-corrected chi connectivity index (χ4v) is 3.20. The third-order valence-electron chi connectivity index (χ3n) is 3.00. The summed E-state index contributed by atoms with van der Waals surface area (Å²) < 4.78 is 2.58. The number of tetrazole rings is 1. The number of rotatable bonds is 3. The molecule has 0 atom stereocenters. The van der Waals surface area contributed by atoms with Gasteiger partial charge in [0.2, 0.25) is 5.82 Å². The van der Waals surface area contributed by atoms with Gasteiger partial charge in [0.1, 0.15) is 5.69 Å². The van der Waals surface area contributed by atoms with Gasteiger partial charge in [0.15, 0.2) is 5.65 Å². The molecule has 4 aromatic heterocycles. The molecule has 0 bridgehead atoms. The molecule has 104 valence electrons. The molecule has 1 N–H and O–H groups in total. The van der Waals surface area contributed by atoms with Gasteiger partial charge in [-0.15, -0.1) is 21.5 Å². The molecule has 21 heavy (non-hydrogen) atoms. The topological polar surface area (TPSA) is 85.2 Å². The van der Waals surface area contributed by atoms with E-state index in [2.05, 4.69) is 30.7 Å². The summed E-state index contributed by atoms with van der Waals surface area (Å²) in [6, 6.07) is 7.66. The van der Waals surface area contributed by atoms with Crippen molar-refractivity contribution in [2.45, 2.75) is 6.54 Å². The number of halogens is 1. The molecule has 0 fully saturated rings. The largest absolute Gasteiger partial charge is 0.241 e. The van der Waals surface area contributed by atoms with Gasteiger partial charge in [0.25, 0.3) is 0 Å². The van der Waals surface area contributed by atoms with Crippen molar-refractivity contribution >= 4 is 34.0 Å². The maximum Gasteiger partial charge on any atom is 0.225 e. The Labute approximate surface area is 127 Å². The van der Waals surface area contributed by atoms with E-state index in [1.165, 1.54) is 11.3 Å². The smallest absolute Gasteiger partial charge is 0.225 e. The highest BCUT2D eigenvalue weighted by atomic mass is 35.5. The molecule has 4 aromatic rings. The molecule has 0 aliphatic carbocycles. The maximum atomic E-state index is 5.97. The van der Waals surface area contributed by atoms with Gasteiger partial charge in [-0.2, -0.15) is 10.3 Å². The second-order valence-electron chi connectivity index (χ2n) is 4.32. The fourth-order valence-electron chi connectivity index (χ4n) is 2.13. The summed E-state index contributed by atoms with van der Waals surface area (Å²) in [6.45, 7) is 0.600. The lowest BCUT2D eigenvalue weighted by molar-refractivity contribution is 0.714. The summed E-state index contributed by atoms with van der Waals surface area (Å²) in [5.74, 6) is 0.455. The first-order valence-electron chi connectivity index (χ1n) is 6.11. The summed E-state index contributed by atoms with van der Waals surface area (Å²) in [7, 11) is 0. The second kappa shape index (κ2) is 4.90. The van der Waals surface area contributed by atoms with Gasteiger partial charge in [0.05, 0.1) is 16.3 Å². The lowest BCUT2D eigenvalue weighted by Crippen LogP contribution is -2.01. The molecule has 0 aliphatic heterocycles. The number of nitrogens with one attached hydrogen (secondary N) is 1. The highest BCUT2D eigenvalue weighted by Crippen LogP contribution is 2.26. The number of aromatic amines is 1. The third-order valence-corrected chi connectivity index (χ3v) is 4.21. The minimum Gasteiger partial charge on any atom is -0.241 e. The Balaban J connectivity index is 1.86. The van der Waals surface area contributed by atoms with Gasteiger partial charge in [-0.3, -0.25) is 0 Å². The van der Waals surface area contributed by atoms with Crippen LogP contribution in [0.3, 0.4) is 0 Å². The summed E-state index contributed by atoms with van der Waals surface area (Å²) in [5.41, 5.74) is 1.44. The quantitative estimate of drug-likeness (QED) is 0.627. The molecular formula is C12H8ClN7S. The molecule has 0 spiro atoms. The van der Waals surface area contributed by atoms with Crippen molar-refractivity contribution in [3.63, 3.8) is 0 Å². The third kappa shape index (κ3) is 2.18. The van der Waals surface area contributed by atoms with Crippen molar-refractivity contribution in [1.29, 1.82) is 0 Å². The highest BCUT2D eigenvalue weighted by Gasteiger charge is 2.16. The van der Waals surface area contributed by atoms with E-state index < -0.39 is 0 Å². The van der Waals surface area contributed by atoms with Crippen LogP contribution >= 0.6 is 22.9 Å². The Hall–Kier alpha value is -2.32. The van der Waals surface area contributed by atoms with Crippen LogP contribution in [0.4, 0.5) is 0 Å². The molecular weight excluding hydrogens is 310 g/mol. The summed E-state index contributed by atoms with van der Waals surface area (Å²) in [5, 5.41) is 19.5. The minimum absolute atomic E-state index is 0.455. The number of fused-ring (bicyclic) bond motifs is 1. The zero-order chi connectivity index (χ0) is 14.2. The summed E-state index contributed by atoms with van der Waals surface area (Å²) in [6.07, 6.45) is 1.74. The van der Waals surface area contributed by atoms with Crippen LogP contribution < -0.4 is 0 Å². The van der Waals surface area contributed by atoms with Crippen LogP contribution in [0.25, 0.3) is 22.6 Å². The molecule has 7 nitrogen and oxygen atoms in total. The van der Waals surface area contributed by atoms with Crippen LogP contribution in [-0.4, -0.2) is 35.4 Å². The van der Waals surface area contributed by atoms with Gasteiger partial charge >= 0.3 is 0 Å². The zero-order valence-electron chi connectivity index (χ0n) is 10.6. The molecule has 0 saturated carbocycles.